The normalized spacial score (nSPS) is 26.6. The molecule has 2 aromatic heterocycles. The molecule has 5 rings (SSSR count). The van der Waals surface area contributed by atoms with E-state index in [9.17, 15) is 15.0 Å². The number of aliphatic hydroxyl groups excluding tert-OH is 2. The molecule has 2 fully saturated rings. The van der Waals surface area contributed by atoms with E-state index in [1.54, 1.807) is 6.07 Å². The summed E-state index contributed by atoms with van der Waals surface area (Å²) in [5.74, 6) is -0.0533. The second-order valence-corrected chi connectivity index (χ2v) is 11.0. The lowest BCUT2D eigenvalue weighted by atomic mass is 10.1. The molecule has 0 saturated carbocycles. The number of aryl methyl sites for hydroxylation is 2. The Morgan fingerprint density at radius 1 is 1.05 bits per heavy atom. The van der Waals surface area contributed by atoms with Crippen molar-refractivity contribution in [2.24, 2.45) is 7.05 Å². The number of benzene rings is 1. The van der Waals surface area contributed by atoms with Gasteiger partial charge in [-0.05, 0) is 63.4 Å². The van der Waals surface area contributed by atoms with Crippen molar-refractivity contribution in [2.45, 2.75) is 57.3 Å². The maximum absolute atomic E-state index is 11.8. The molecule has 208 valence electrons. The van der Waals surface area contributed by atoms with Gasteiger partial charge < -0.3 is 39.9 Å². The number of hydrogen-bond acceptors (Lipinski definition) is 7. The molecule has 1 aromatic carbocycles. The highest BCUT2D eigenvalue weighted by atomic mass is 32.1. The van der Waals surface area contributed by atoms with Crippen molar-refractivity contribution >= 4 is 35.3 Å². The van der Waals surface area contributed by atoms with Gasteiger partial charge in [-0.3, -0.25) is 9.36 Å². The van der Waals surface area contributed by atoms with Crippen LogP contribution in [0, 0.1) is 18.6 Å². The van der Waals surface area contributed by atoms with Crippen molar-refractivity contribution in [3.8, 4) is 5.69 Å². The van der Waals surface area contributed by atoms with Gasteiger partial charge in [0.25, 0.3) is 0 Å². The molecule has 5 N–H and O–H groups in total. The first-order valence-electron chi connectivity index (χ1n) is 12.8. The van der Waals surface area contributed by atoms with Gasteiger partial charge in [0.1, 0.15) is 24.4 Å². The van der Waals surface area contributed by atoms with Crippen LogP contribution in [-0.2, 0) is 16.5 Å². The van der Waals surface area contributed by atoms with Crippen LogP contribution in [0.25, 0.3) is 5.69 Å². The van der Waals surface area contributed by atoms with Gasteiger partial charge in [-0.1, -0.05) is 17.7 Å². The third kappa shape index (κ3) is 5.32. The van der Waals surface area contributed by atoms with Crippen molar-refractivity contribution in [3.63, 3.8) is 0 Å². The quantitative estimate of drug-likeness (QED) is 0.224. The van der Waals surface area contributed by atoms with E-state index in [1.807, 2.05) is 60.5 Å². The summed E-state index contributed by atoms with van der Waals surface area (Å²) in [5.41, 5.74) is 4.79. The Hall–Kier alpha value is -2.87. The number of carbonyl (C=O) groups is 1. The second kappa shape index (κ2) is 11.0. The van der Waals surface area contributed by atoms with Crippen LogP contribution >= 0.6 is 24.4 Å². The van der Waals surface area contributed by atoms with E-state index in [0.29, 0.717) is 16.0 Å². The van der Waals surface area contributed by atoms with Gasteiger partial charge in [-0.15, -0.1) is 0 Å². The minimum absolute atomic E-state index is 0.0533. The van der Waals surface area contributed by atoms with Crippen molar-refractivity contribution in [2.75, 3.05) is 13.2 Å². The predicted octanol–water partition coefficient (Wildman–Crippen LogP) is 2.46. The number of Topliss-reactive ketones (excluding diaryl/α,β-unsaturated/α-hetero) is 1. The Balaban J connectivity index is 1.21. The Labute approximate surface area is 236 Å². The molecule has 39 heavy (non-hydrogen) atoms. The van der Waals surface area contributed by atoms with Crippen molar-refractivity contribution in [3.05, 3.63) is 69.5 Å². The van der Waals surface area contributed by atoms with E-state index in [4.69, 9.17) is 33.9 Å². The van der Waals surface area contributed by atoms with E-state index in [1.165, 1.54) is 6.92 Å². The third-order valence-corrected chi connectivity index (χ3v) is 8.16. The van der Waals surface area contributed by atoms with Gasteiger partial charge in [0.05, 0.1) is 31.0 Å². The molecule has 10 nitrogen and oxygen atoms in total. The van der Waals surface area contributed by atoms with Crippen LogP contribution in [0.3, 0.4) is 0 Å². The number of H-pyrrole nitrogens is 1. The predicted molar refractivity (Wildman–Crippen MR) is 152 cm³/mol. The summed E-state index contributed by atoms with van der Waals surface area (Å²) in [4.78, 5) is 14.9. The molecule has 4 heterocycles. The van der Waals surface area contributed by atoms with E-state index in [-0.39, 0.29) is 24.1 Å². The summed E-state index contributed by atoms with van der Waals surface area (Å²) < 4.78 is 16.1. The summed E-state index contributed by atoms with van der Waals surface area (Å²) >= 11 is 11.1. The Morgan fingerprint density at radius 3 is 2.23 bits per heavy atom. The molecule has 0 radical (unpaired) electrons. The molecule has 0 spiro atoms. The summed E-state index contributed by atoms with van der Waals surface area (Å²) in [6.45, 7) is 5.80. The van der Waals surface area contributed by atoms with Gasteiger partial charge in [0.15, 0.2) is 15.7 Å². The topological polar surface area (TPSA) is 126 Å². The first-order chi connectivity index (χ1) is 18.5. The van der Waals surface area contributed by atoms with Crippen molar-refractivity contribution < 1.29 is 24.5 Å². The number of nitrogens with zero attached hydrogens (tertiary/aromatic N) is 2. The number of ether oxygens (including phenoxy) is 2. The van der Waals surface area contributed by atoms with Crippen LogP contribution in [0.15, 0.2) is 36.5 Å². The Morgan fingerprint density at radius 2 is 1.64 bits per heavy atom. The van der Waals surface area contributed by atoms with E-state index < -0.39 is 36.5 Å². The number of aromatic nitrogens is 3. The molecular formula is C27H33N5O5S2. The number of nitrogens with one attached hydrogen (secondary N) is 3. The highest BCUT2D eigenvalue weighted by Crippen LogP contribution is 2.32. The summed E-state index contributed by atoms with van der Waals surface area (Å²) in [7, 11) is 1.86. The van der Waals surface area contributed by atoms with Gasteiger partial charge in [0.2, 0.25) is 0 Å². The number of aliphatic hydroxyl groups is 2. The zero-order chi connectivity index (χ0) is 28.0. The van der Waals surface area contributed by atoms with E-state index in [2.05, 4.69) is 15.6 Å². The Bertz CT molecular complexity index is 1450. The molecule has 3 aromatic rings. The summed E-state index contributed by atoms with van der Waals surface area (Å²) in [6, 6.07) is 8.83. The minimum Gasteiger partial charge on any atom is -0.388 e. The van der Waals surface area contributed by atoms with Crippen LogP contribution in [0.1, 0.15) is 52.1 Å². The number of hydrogen-bond donors (Lipinski definition) is 5. The monoisotopic (exact) mass is 571 g/mol. The molecule has 0 bridgehead atoms. The number of rotatable bonds is 6. The zero-order valence-corrected chi connectivity index (χ0v) is 23.8. The number of imidazole rings is 1. The molecule has 6 atom stereocenters. The highest BCUT2D eigenvalue weighted by Gasteiger charge is 2.41. The zero-order valence-electron chi connectivity index (χ0n) is 22.2. The van der Waals surface area contributed by atoms with Gasteiger partial charge in [-0.2, -0.15) is 0 Å². The highest BCUT2D eigenvalue weighted by molar-refractivity contribution is 7.80. The first kappa shape index (κ1) is 27.7. The average Bonchev–Trinajstić information content (AvgIpc) is 3.63. The Kier molecular flexibility index (Phi) is 7.77. The molecule has 0 aliphatic carbocycles. The molecule has 0 unspecified atom stereocenters. The second-order valence-electron chi connectivity index (χ2n) is 10.2. The SMILES string of the molecule is CC(=O)c1cc([C@@H]2OC[C@H](NC(=S)N[C@H]3CO[C@@H](c4cn(-c5ccc(C)cc5)c(=S)n4C)[C@@H]3O)[C@H]2O)[nH]c1C. The summed E-state index contributed by atoms with van der Waals surface area (Å²) in [6.07, 6.45) is -1.10. The van der Waals surface area contributed by atoms with Crippen LogP contribution in [-0.4, -0.2) is 72.7 Å². The summed E-state index contributed by atoms with van der Waals surface area (Å²) in [5, 5.41) is 28.5. The lowest BCUT2D eigenvalue weighted by Gasteiger charge is -2.23. The molecule has 12 heteroatoms. The minimum atomic E-state index is -0.897. The molecule has 0 amide bonds. The smallest absolute Gasteiger partial charge is 0.184 e. The largest absolute Gasteiger partial charge is 0.388 e. The molecule has 2 aliphatic heterocycles. The van der Waals surface area contributed by atoms with Gasteiger partial charge >= 0.3 is 0 Å². The van der Waals surface area contributed by atoms with Crippen LogP contribution < -0.4 is 10.6 Å². The maximum Gasteiger partial charge on any atom is 0.184 e. The number of aromatic amines is 1. The van der Waals surface area contributed by atoms with Gasteiger partial charge in [0, 0.05) is 35.9 Å². The third-order valence-electron chi connectivity index (χ3n) is 7.46. The fourth-order valence-electron chi connectivity index (χ4n) is 5.20. The number of ketones is 1. The lowest BCUT2D eigenvalue weighted by Crippen LogP contribution is -2.52. The van der Waals surface area contributed by atoms with E-state index >= 15 is 0 Å². The van der Waals surface area contributed by atoms with Gasteiger partial charge in [-0.25, -0.2) is 0 Å². The van der Waals surface area contributed by atoms with Crippen LogP contribution in [0.5, 0.6) is 0 Å². The first-order valence-corrected chi connectivity index (χ1v) is 13.6. The fraction of sp³-hybridized carbons (Fsp3) is 0.444. The standard InChI is InChI=1S/C27H33N5O5S2/c1-13-5-7-16(8-6-13)32-10-21(31(4)27(32)39)25-23(35)20(12-37-25)30-26(38)29-19-11-36-24(22(19)34)18-9-17(15(3)33)14(2)28-18/h5-10,19-20,22-25,28,34-35H,11-12H2,1-4H3,(H2,29,30,38)/t19-,20-,22+,23+,24-,25-/m0/s1. The number of thiocarbonyl (C=S) groups is 1. The van der Waals surface area contributed by atoms with E-state index in [0.717, 1.165) is 22.6 Å². The average molecular weight is 572 g/mol. The van der Waals surface area contributed by atoms with Crippen molar-refractivity contribution in [1.29, 1.82) is 0 Å². The molecule has 2 aliphatic rings. The maximum atomic E-state index is 11.8. The molecule has 2 saturated heterocycles. The fourth-order valence-corrected chi connectivity index (χ4v) is 5.77. The van der Waals surface area contributed by atoms with Crippen LogP contribution in [0.2, 0.25) is 0 Å². The molecular weight excluding hydrogens is 538 g/mol. The van der Waals surface area contributed by atoms with Crippen molar-refractivity contribution in [1.82, 2.24) is 24.8 Å². The number of carbonyl (C=O) groups excluding carboxylic acids is 1. The lowest BCUT2D eigenvalue weighted by molar-refractivity contribution is 0.0355. The van der Waals surface area contributed by atoms with Crippen LogP contribution in [0.4, 0.5) is 0 Å².